The van der Waals surface area contributed by atoms with Gasteiger partial charge in [0.1, 0.15) is 5.75 Å². The highest BCUT2D eigenvalue weighted by Gasteiger charge is 2.05. The average molecular weight is 254 g/mol. The Morgan fingerprint density at radius 2 is 2.00 bits per heavy atom. The number of anilines is 1. The lowest BCUT2D eigenvalue weighted by molar-refractivity contribution is -0.112. The molecule has 4 heteroatoms. The van der Waals surface area contributed by atoms with E-state index in [0.717, 1.165) is 0 Å². The van der Waals surface area contributed by atoms with E-state index >= 15 is 0 Å². The van der Waals surface area contributed by atoms with Gasteiger partial charge in [0.25, 0.3) is 5.91 Å². The van der Waals surface area contributed by atoms with Crippen LogP contribution in [0.25, 0.3) is 0 Å². The van der Waals surface area contributed by atoms with Gasteiger partial charge in [-0.25, -0.2) is 0 Å². The molecule has 1 amide bonds. The first kappa shape index (κ1) is 12.8. The Kier molecular flexibility index (Phi) is 4.29. The fourth-order valence-corrected chi connectivity index (χ4v) is 1.38. The summed E-state index contributed by atoms with van der Waals surface area (Å²) < 4.78 is 5.39. The number of benzene rings is 1. The topological polar surface area (TPSA) is 51.2 Å². The highest BCUT2D eigenvalue weighted by molar-refractivity contribution is 6.02. The molecule has 0 unspecified atom stereocenters. The third-order valence-electron chi connectivity index (χ3n) is 2.39. The van der Waals surface area contributed by atoms with E-state index in [1.165, 1.54) is 6.26 Å². The van der Waals surface area contributed by atoms with Gasteiger partial charge in [-0.2, -0.15) is 0 Å². The summed E-state index contributed by atoms with van der Waals surface area (Å²) in [5, 5.41) is 2.73. The van der Waals surface area contributed by atoms with Crippen molar-refractivity contribution in [1.29, 1.82) is 0 Å². The smallest absolute Gasteiger partial charge is 0.254 e. The van der Waals surface area contributed by atoms with Gasteiger partial charge in [0.2, 0.25) is 0 Å². The van der Waals surface area contributed by atoms with Gasteiger partial charge >= 0.3 is 0 Å². The van der Waals surface area contributed by atoms with Crippen molar-refractivity contribution in [2.75, 3.05) is 5.32 Å². The molecule has 0 aliphatic carbocycles. The van der Waals surface area contributed by atoms with Crippen molar-refractivity contribution >= 4 is 11.6 Å². The maximum atomic E-state index is 11.8. The molecule has 0 aliphatic heterocycles. The number of hydrogen-bond acceptors (Lipinski definition) is 3. The van der Waals surface area contributed by atoms with Gasteiger partial charge in [0.05, 0.1) is 18.1 Å². The van der Waals surface area contributed by atoms with Crippen molar-refractivity contribution in [3.05, 3.63) is 66.7 Å². The van der Waals surface area contributed by atoms with Crippen LogP contribution < -0.4 is 10.1 Å². The number of ether oxygens (including phenoxy) is 1. The van der Waals surface area contributed by atoms with Crippen LogP contribution in [0.2, 0.25) is 0 Å². The molecule has 1 heterocycles. The van der Waals surface area contributed by atoms with Crippen LogP contribution in [0.1, 0.15) is 6.92 Å². The van der Waals surface area contributed by atoms with Crippen molar-refractivity contribution < 1.29 is 9.53 Å². The fourth-order valence-electron chi connectivity index (χ4n) is 1.38. The van der Waals surface area contributed by atoms with Gasteiger partial charge in [-0.05, 0) is 31.2 Å². The summed E-state index contributed by atoms with van der Waals surface area (Å²) in [7, 11) is 0. The number of carbonyl (C=O) groups excluding carboxylic acids is 1. The second-order valence-electron chi connectivity index (χ2n) is 3.93. The predicted molar refractivity (Wildman–Crippen MR) is 73.7 cm³/mol. The molecule has 0 bridgehead atoms. The molecule has 1 N–H and O–H groups in total. The van der Waals surface area contributed by atoms with Crippen molar-refractivity contribution in [1.82, 2.24) is 4.98 Å². The maximum absolute atomic E-state index is 11.8. The first-order chi connectivity index (χ1) is 9.25. The summed E-state index contributed by atoms with van der Waals surface area (Å²) in [5.41, 5.74) is 1.13. The molecule has 2 rings (SSSR count). The molecule has 2 aromatic rings. The molecule has 19 heavy (non-hydrogen) atoms. The number of hydrogen-bond donors (Lipinski definition) is 1. The minimum Gasteiger partial charge on any atom is -0.465 e. The molecule has 96 valence electrons. The summed E-state index contributed by atoms with van der Waals surface area (Å²) in [6.45, 7) is 1.69. The summed E-state index contributed by atoms with van der Waals surface area (Å²) in [6, 6.07) is 12.8. The normalized spacial score (nSPS) is 10.9. The van der Waals surface area contributed by atoms with Crippen molar-refractivity contribution in [3.63, 3.8) is 0 Å². The van der Waals surface area contributed by atoms with Crippen LogP contribution >= 0.6 is 0 Å². The lowest BCUT2D eigenvalue weighted by Crippen LogP contribution is -2.13. The Balaban J connectivity index is 1.95. The Hall–Kier alpha value is -2.62. The molecule has 1 aromatic carbocycles. The Morgan fingerprint density at radius 1 is 1.21 bits per heavy atom. The Bertz CT molecular complexity index is 565. The zero-order valence-corrected chi connectivity index (χ0v) is 10.5. The monoisotopic (exact) mass is 254 g/mol. The average Bonchev–Trinajstić information content (AvgIpc) is 2.47. The maximum Gasteiger partial charge on any atom is 0.254 e. The number of nitrogens with one attached hydrogen (secondary N) is 1. The number of amides is 1. The third-order valence-corrected chi connectivity index (χ3v) is 2.39. The minimum absolute atomic E-state index is 0.219. The molecule has 4 nitrogen and oxygen atoms in total. The summed E-state index contributed by atoms with van der Waals surface area (Å²) in [4.78, 5) is 15.8. The van der Waals surface area contributed by atoms with Crippen LogP contribution in [0.3, 0.4) is 0 Å². The van der Waals surface area contributed by atoms with Gasteiger partial charge in [-0.3, -0.25) is 9.78 Å². The van der Waals surface area contributed by atoms with Gasteiger partial charge in [-0.15, -0.1) is 0 Å². The number of rotatable bonds is 4. The van der Waals surface area contributed by atoms with Crippen LogP contribution in [0.15, 0.2) is 66.7 Å². The standard InChI is InChI=1S/C15H14N2O2/c1-12(11-19-14-7-3-2-4-8-14)15(18)17-13-6-5-9-16-10-13/h2-11H,1H3,(H,17,18). The highest BCUT2D eigenvalue weighted by Crippen LogP contribution is 2.10. The molecule has 0 fully saturated rings. The van der Waals surface area contributed by atoms with Gasteiger partial charge in [0, 0.05) is 11.8 Å². The van der Waals surface area contributed by atoms with Crippen molar-refractivity contribution in [2.45, 2.75) is 6.92 Å². The minimum atomic E-state index is -0.219. The SMILES string of the molecule is CC(=COc1ccccc1)C(=O)Nc1cccnc1. The Labute approximate surface area is 111 Å². The first-order valence-corrected chi connectivity index (χ1v) is 5.85. The molecule has 0 spiro atoms. The second kappa shape index (κ2) is 6.35. The molecule has 0 saturated carbocycles. The van der Waals surface area contributed by atoms with Crippen LogP contribution in [-0.4, -0.2) is 10.9 Å². The molecule has 0 atom stereocenters. The number of para-hydroxylation sites is 1. The van der Waals surface area contributed by atoms with E-state index in [0.29, 0.717) is 17.0 Å². The number of aromatic nitrogens is 1. The van der Waals surface area contributed by atoms with Crippen LogP contribution in [-0.2, 0) is 4.79 Å². The molecular formula is C15H14N2O2. The van der Waals surface area contributed by atoms with Gasteiger partial charge in [-0.1, -0.05) is 18.2 Å². The lowest BCUT2D eigenvalue weighted by atomic mass is 10.3. The van der Waals surface area contributed by atoms with E-state index in [-0.39, 0.29) is 5.91 Å². The first-order valence-electron chi connectivity index (χ1n) is 5.85. The van der Waals surface area contributed by atoms with Crippen molar-refractivity contribution in [2.24, 2.45) is 0 Å². The molecular weight excluding hydrogens is 240 g/mol. The summed E-state index contributed by atoms with van der Waals surface area (Å²) in [5.74, 6) is 0.472. The Morgan fingerprint density at radius 3 is 2.68 bits per heavy atom. The zero-order chi connectivity index (χ0) is 13.5. The third kappa shape index (κ3) is 3.96. The summed E-state index contributed by atoms with van der Waals surface area (Å²) >= 11 is 0. The number of carbonyl (C=O) groups is 1. The zero-order valence-electron chi connectivity index (χ0n) is 10.5. The molecule has 0 saturated heterocycles. The predicted octanol–water partition coefficient (Wildman–Crippen LogP) is 3.00. The van der Waals surface area contributed by atoms with E-state index in [4.69, 9.17) is 4.74 Å². The van der Waals surface area contributed by atoms with E-state index in [2.05, 4.69) is 10.3 Å². The number of pyridine rings is 1. The van der Waals surface area contributed by atoms with Crippen LogP contribution in [0, 0.1) is 0 Å². The summed E-state index contributed by atoms with van der Waals surface area (Å²) in [6.07, 6.45) is 4.67. The van der Waals surface area contributed by atoms with E-state index in [9.17, 15) is 4.79 Å². The molecule has 0 aliphatic rings. The van der Waals surface area contributed by atoms with Crippen LogP contribution in [0.5, 0.6) is 5.75 Å². The van der Waals surface area contributed by atoms with Crippen LogP contribution in [0.4, 0.5) is 5.69 Å². The van der Waals surface area contributed by atoms with Gasteiger partial charge in [0.15, 0.2) is 0 Å². The van der Waals surface area contributed by atoms with E-state index in [1.54, 1.807) is 31.5 Å². The quantitative estimate of drug-likeness (QED) is 0.674. The highest BCUT2D eigenvalue weighted by atomic mass is 16.5. The second-order valence-corrected chi connectivity index (χ2v) is 3.93. The number of nitrogens with zero attached hydrogens (tertiary/aromatic N) is 1. The van der Waals surface area contributed by atoms with E-state index < -0.39 is 0 Å². The lowest BCUT2D eigenvalue weighted by Gasteiger charge is -2.05. The molecule has 0 radical (unpaired) electrons. The largest absolute Gasteiger partial charge is 0.465 e. The van der Waals surface area contributed by atoms with Gasteiger partial charge < -0.3 is 10.1 Å². The van der Waals surface area contributed by atoms with Crippen molar-refractivity contribution in [3.8, 4) is 5.75 Å². The fraction of sp³-hybridized carbons (Fsp3) is 0.0667. The molecule has 1 aromatic heterocycles. The van der Waals surface area contributed by atoms with E-state index in [1.807, 2.05) is 30.3 Å².